The Hall–Kier alpha value is -1.28. The lowest BCUT2D eigenvalue weighted by Gasteiger charge is -2.44. The number of fused-ring (bicyclic) bond motifs is 1. The zero-order chi connectivity index (χ0) is 41.3. The Balaban J connectivity index is 1.38. The van der Waals surface area contributed by atoms with Gasteiger partial charge >= 0.3 is 0 Å². The van der Waals surface area contributed by atoms with Gasteiger partial charge in [0.05, 0.1) is 38.1 Å². The molecule has 6 heteroatoms. The van der Waals surface area contributed by atoms with Crippen LogP contribution in [0.5, 0.6) is 0 Å². The normalized spacial score (nSPS) is 23.1. The molecule has 0 aromatic heterocycles. The Labute approximate surface area is 358 Å². The van der Waals surface area contributed by atoms with Crippen LogP contribution < -0.4 is 5.32 Å². The van der Waals surface area contributed by atoms with Crippen LogP contribution in [-0.4, -0.2) is 66.7 Å². The van der Waals surface area contributed by atoms with Gasteiger partial charge in [-0.05, 0) is 102 Å². The molecule has 0 unspecified atom stereocenters. The van der Waals surface area contributed by atoms with Crippen LogP contribution in [0.15, 0.2) is 48.6 Å². The summed E-state index contributed by atoms with van der Waals surface area (Å²) in [5, 5.41) is 22.4. The molecule has 3 N–H and O–H groups in total. The van der Waals surface area contributed by atoms with Gasteiger partial charge in [-0.3, -0.25) is 0 Å². The average molecular weight is 812 g/mol. The first-order valence-corrected chi connectivity index (χ1v) is 25.1. The fourth-order valence-electron chi connectivity index (χ4n) is 9.78. The first-order valence-electron chi connectivity index (χ1n) is 25.1. The molecule has 336 valence electrons. The number of aliphatic hydroxyl groups excluding tert-OH is 2. The van der Waals surface area contributed by atoms with Crippen LogP contribution in [0.25, 0.3) is 0 Å². The van der Waals surface area contributed by atoms with Crippen LogP contribution in [0, 0.1) is 5.41 Å². The van der Waals surface area contributed by atoms with E-state index in [4.69, 9.17) is 14.2 Å². The van der Waals surface area contributed by atoms with Crippen molar-refractivity contribution in [2.75, 3.05) is 26.4 Å². The maximum absolute atomic E-state index is 9.46. The van der Waals surface area contributed by atoms with Crippen molar-refractivity contribution in [3.05, 3.63) is 48.6 Å². The number of aliphatic hydroxyl groups is 2. The summed E-state index contributed by atoms with van der Waals surface area (Å²) in [5.41, 5.74) is 0.425. The zero-order valence-corrected chi connectivity index (χ0v) is 38.0. The quantitative estimate of drug-likeness (QED) is 0.0432. The zero-order valence-electron chi connectivity index (χ0n) is 38.0. The monoisotopic (exact) mass is 812 g/mol. The molecular weight excluding hydrogens is 719 g/mol. The topological polar surface area (TPSA) is 80.2 Å². The predicted molar refractivity (Wildman–Crippen MR) is 246 cm³/mol. The molecule has 0 bridgehead atoms. The third kappa shape index (κ3) is 22.0. The summed E-state index contributed by atoms with van der Waals surface area (Å²) in [4.78, 5) is 0. The van der Waals surface area contributed by atoms with E-state index in [1.807, 2.05) is 0 Å². The average Bonchev–Trinajstić information content (AvgIpc) is 3.59. The van der Waals surface area contributed by atoms with E-state index in [0.29, 0.717) is 18.6 Å². The first kappa shape index (κ1) is 51.1. The molecule has 1 aliphatic heterocycles. The molecule has 0 radical (unpaired) electrons. The largest absolute Gasteiger partial charge is 0.395 e. The molecule has 1 spiro atoms. The lowest BCUT2D eigenvalue weighted by Crippen LogP contribution is -2.52. The highest BCUT2D eigenvalue weighted by Gasteiger charge is 2.54. The van der Waals surface area contributed by atoms with Gasteiger partial charge in [-0.1, -0.05) is 152 Å². The summed E-state index contributed by atoms with van der Waals surface area (Å²) in [6.07, 6.45) is 59.1. The van der Waals surface area contributed by atoms with E-state index in [0.717, 1.165) is 38.5 Å². The molecule has 0 aromatic rings. The number of rotatable bonds is 36. The molecule has 58 heavy (non-hydrogen) atoms. The Kier molecular flexibility index (Phi) is 29.4. The minimum atomic E-state index is -0.453. The van der Waals surface area contributed by atoms with E-state index < -0.39 is 5.79 Å². The molecule has 3 aliphatic rings. The van der Waals surface area contributed by atoms with Crippen molar-refractivity contribution in [3.8, 4) is 0 Å². The molecule has 0 aromatic carbocycles. The summed E-state index contributed by atoms with van der Waals surface area (Å²) in [5.74, 6) is -0.453. The van der Waals surface area contributed by atoms with Gasteiger partial charge in [0.1, 0.15) is 0 Å². The maximum atomic E-state index is 9.46. The summed E-state index contributed by atoms with van der Waals surface area (Å²) in [7, 11) is 0. The van der Waals surface area contributed by atoms with Crippen LogP contribution in [0.3, 0.4) is 0 Å². The predicted octanol–water partition coefficient (Wildman–Crippen LogP) is 13.6. The van der Waals surface area contributed by atoms with Crippen molar-refractivity contribution in [2.45, 2.75) is 249 Å². The van der Waals surface area contributed by atoms with Crippen LogP contribution in [0.1, 0.15) is 219 Å². The first-order chi connectivity index (χ1) is 28.6. The van der Waals surface area contributed by atoms with Crippen LogP contribution in [-0.2, 0) is 14.2 Å². The lowest BCUT2D eigenvalue weighted by molar-refractivity contribution is -0.208. The highest BCUT2D eigenvalue weighted by atomic mass is 16.8. The third-order valence-corrected chi connectivity index (χ3v) is 13.4. The molecule has 2 saturated carbocycles. The standard InChI is InChI=1S/C52H93NO5/c1-3-5-7-9-11-13-15-17-19-21-23-25-27-29-31-33-35-51(36-34-32-30-28-26-24-22-20-18-16-14-12-10-8-6-4-2)37-39-52(40-38-51)57-49-45-47(53-41-42-54)48(56-44-43-55)46-50(49)58-52/h11-14,17-20,47-50,53-55H,3-10,15-16,21-46H2,1-2H3/b13-11-,14-12-,19-17-,20-18-/t47-,48+,49-,50-/m0/s1. The van der Waals surface area contributed by atoms with Gasteiger partial charge in [-0.25, -0.2) is 0 Å². The molecular formula is C52H93NO5. The van der Waals surface area contributed by atoms with Gasteiger partial charge in [0.25, 0.3) is 0 Å². The Morgan fingerprint density at radius 1 is 0.534 bits per heavy atom. The number of unbranched alkanes of at least 4 members (excludes halogenated alkanes) is 18. The molecule has 2 aliphatic carbocycles. The van der Waals surface area contributed by atoms with E-state index in [1.54, 1.807) is 0 Å². The third-order valence-electron chi connectivity index (χ3n) is 13.4. The molecule has 1 saturated heterocycles. The van der Waals surface area contributed by atoms with Crippen molar-refractivity contribution < 1.29 is 24.4 Å². The maximum Gasteiger partial charge on any atom is 0.169 e. The van der Waals surface area contributed by atoms with E-state index >= 15 is 0 Å². The highest BCUT2D eigenvalue weighted by molar-refractivity contribution is 5.01. The van der Waals surface area contributed by atoms with E-state index in [-0.39, 0.29) is 37.6 Å². The Morgan fingerprint density at radius 2 is 0.983 bits per heavy atom. The summed E-state index contributed by atoms with van der Waals surface area (Å²) in [6, 6.07) is 0.106. The number of ether oxygens (including phenoxy) is 3. The Morgan fingerprint density at radius 3 is 1.45 bits per heavy atom. The molecule has 3 rings (SSSR count). The van der Waals surface area contributed by atoms with Crippen LogP contribution >= 0.6 is 0 Å². The van der Waals surface area contributed by atoms with Gasteiger partial charge in [0.2, 0.25) is 0 Å². The number of nitrogens with one attached hydrogen (secondary N) is 1. The van der Waals surface area contributed by atoms with Crippen LogP contribution in [0.4, 0.5) is 0 Å². The molecule has 6 nitrogen and oxygen atoms in total. The second-order valence-electron chi connectivity index (χ2n) is 18.3. The van der Waals surface area contributed by atoms with Gasteiger partial charge in [-0.2, -0.15) is 0 Å². The van der Waals surface area contributed by atoms with Gasteiger partial charge in [0, 0.05) is 31.8 Å². The summed E-state index contributed by atoms with van der Waals surface area (Å²) >= 11 is 0. The minimum absolute atomic E-state index is 0.0189. The highest BCUT2D eigenvalue weighted by Crippen LogP contribution is 2.53. The second-order valence-corrected chi connectivity index (χ2v) is 18.3. The van der Waals surface area contributed by atoms with Crippen molar-refractivity contribution in [1.82, 2.24) is 5.32 Å². The SMILES string of the molecule is CCCCC/C=C\C/C=C\CCCCCCCCC1(CCCCCCCC/C=C\C/C=C\CCCCC)CCC2(CC1)O[C@H]1C[C@H](NCCO)[C@H](OCCO)C[C@@H]1O2. The van der Waals surface area contributed by atoms with Gasteiger partial charge in [0.15, 0.2) is 5.79 Å². The smallest absolute Gasteiger partial charge is 0.169 e. The van der Waals surface area contributed by atoms with Crippen LogP contribution in [0.2, 0.25) is 0 Å². The second kappa shape index (κ2) is 33.4. The van der Waals surface area contributed by atoms with Gasteiger partial charge < -0.3 is 29.7 Å². The van der Waals surface area contributed by atoms with Crippen molar-refractivity contribution in [3.63, 3.8) is 0 Å². The van der Waals surface area contributed by atoms with Gasteiger partial charge in [-0.15, -0.1) is 0 Å². The van der Waals surface area contributed by atoms with Crippen molar-refractivity contribution >= 4 is 0 Å². The molecule has 1 heterocycles. The summed E-state index contributed by atoms with van der Waals surface area (Å²) in [6.45, 7) is 5.53. The fraction of sp³-hybridized carbons (Fsp3) is 0.846. The number of hydrogen-bond acceptors (Lipinski definition) is 6. The van der Waals surface area contributed by atoms with E-state index in [1.165, 1.54) is 167 Å². The van der Waals surface area contributed by atoms with Crippen molar-refractivity contribution in [1.29, 1.82) is 0 Å². The fourth-order valence-corrected chi connectivity index (χ4v) is 9.78. The summed E-state index contributed by atoms with van der Waals surface area (Å²) < 4.78 is 19.8. The van der Waals surface area contributed by atoms with E-state index in [2.05, 4.69) is 67.8 Å². The molecule has 3 fully saturated rings. The van der Waals surface area contributed by atoms with Crippen molar-refractivity contribution in [2.24, 2.45) is 5.41 Å². The molecule has 4 atom stereocenters. The lowest BCUT2D eigenvalue weighted by atomic mass is 9.66. The minimum Gasteiger partial charge on any atom is -0.395 e. The number of allylic oxidation sites excluding steroid dienone is 8. The van der Waals surface area contributed by atoms with E-state index in [9.17, 15) is 10.2 Å². The Bertz CT molecular complexity index is 1000. The molecule has 0 amide bonds. The number of hydrogen-bond donors (Lipinski definition) is 3.